The number of phenols is 6. The van der Waals surface area contributed by atoms with E-state index in [1.165, 1.54) is 121 Å². The minimum absolute atomic E-state index is 0.0620. The molecule has 0 saturated carbocycles. The van der Waals surface area contributed by atoms with E-state index in [4.69, 9.17) is 112 Å². The Hall–Kier alpha value is -0.454. The second-order valence-corrected chi connectivity index (χ2v) is 61.4. The second kappa shape index (κ2) is 77.9. The predicted octanol–water partition coefficient (Wildman–Crippen LogP) is 27.1. The van der Waals surface area contributed by atoms with Gasteiger partial charge in [0.2, 0.25) is 0 Å². The molecule has 0 fully saturated rings. The third kappa shape index (κ3) is 55.4. The van der Waals surface area contributed by atoms with Crippen LogP contribution in [-0.2, 0) is 152 Å². The summed E-state index contributed by atoms with van der Waals surface area (Å²) in [6.45, 7) is 43.7. The van der Waals surface area contributed by atoms with E-state index in [0.29, 0.717) is 86.0 Å². The van der Waals surface area contributed by atoms with Crippen LogP contribution in [-0.4, -0.2) is 145 Å². The van der Waals surface area contributed by atoms with E-state index in [-0.39, 0.29) is 10.8 Å². The molecular weight excluding hydrogens is 2400 g/mol. The summed E-state index contributed by atoms with van der Waals surface area (Å²) in [5.74, 6) is 2.57. The van der Waals surface area contributed by atoms with Crippen LogP contribution in [0.3, 0.4) is 0 Å². The standard InChI is InChI=1S/2C21H30NOP.C18H24NOP.2C17H22NOP.C16H20NOP.12ClH.6Ti/c1-14-11-17(21(3,4)5)19(23)18(12-14)24-20-15(2)9-8-10-16(20)13-22(6)7;1-14-9-8-10-16(13-22(6)7)20(14)24-18-12-17(21(3,4)5)11-15(2)19(18)23;1-12-9-14(3)17(20)16(10-12)21-18-13(2)7-6-8-15(18)11-19(4)5;1-12-7-6-10-15(16(12)19)20-17-13(2)8-5-9-14(17)11-18(3)4;1-12-8-9-15(19)16(10-12)20-17-13(2)6-5-7-14(17)11-18(3)4;1-12-7-6-8-13(11-17(2)3)16(12)19-15-10-5-4-9-14(15)18;;;;;;;;;;;;;;;;;;/h2*8-12,23-24H,13H2,1-7H3;6-10,20-21H,11H2,1-5H3;2*5-10,19-20H,11H2,1-4H3;4-10,18-19H,11H2,1-3H3;12*1H;;;;;;/q;;;;;;;;;;;;;;;;;;6*+2/p-12. The maximum atomic E-state index is 10.9. The van der Waals surface area contributed by atoms with Crippen molar-refractivity contribution in [2.75, 3.05) is 84.6 Å². The number of hydrogen-bond donors (Lipinski definition) is 6. The number of nitrogens with zero attached hydrogens (tertiary/aromatic N) is 6. The number of hydrogen-bond acceptors (Lipinski definition) is 12. The van der Waals surface area contributed by atoms with Crippen molar-refractivity contribution >= 4 is 227 Å². The molecule has 0 aliphatic rings. The summed E-state index contributed by atoms with van der Waals surface area (Å²) in [6.07, 6.45) is 0. The zero-order chi connectivity index (χ0) is 111. The second-order valence-electron chi connectivity index (χ2n) is 38.1. The van der Waals surface area contributed by atoms with E-state index in [1.54, 1.807) is 12.1 Å². The van der Waals surface area contributed by atoms with Crippen LogP contribution in [0, 0.1) is 83.1 Å². The first kappa shape index (κ1) is 144. The Labute approximate surface area is 987 Å². The molecule has 12 nitrogen and oxygen atoms in total. The maximum absolute atomic E-state index is 10.9. The molecule has 0 radical (unpaired) electrons. The van der Waals surface area contributed by atoms with E-state index in [0.717, 1.165) is 93.3 Å². The fourth-order valence-corrected chi connectivity index (χ4v) is 23.3. The summed E-state index contributed by atoms with van der Waals surface area (Å²) in [5.41, 5.74) is 24.6. The predicted molar refractivity (Wildman–Crippen MR) is 642 cm³/mol. The third-order valence-electron chi connectivity index (χ3n) is 21.6. The van der Waals surface area contributed by atoms with Gasteiger partial charge in [-0.25, -0.2) is 0 Å². The van der Waals surface area contributed by atoms with Gasteiger partial charge in [-0.2, -0.15) is 0 Å². The molecule has 792 valence electrons. The zero-order valence-corrected chi connectivity index (χ0v) is 114. The molecule has 36 heteroatoms. The fourth-order valence-electron chi connectivity index (χ4n) is 15.0. The molecule has 12 aromatic rings. The van der Waals surface area contributed by atoms with E-state index in [1.807, 2.05) is 69.3 Å². The number of aromatic hydroxyl groups is 6. The van der Waals surface area contributed by atoms with Crippen molar-refractivity contribution in [1.29, 1.82) is 0 Å². The third-order valence-corrected chi connectivity index (χ3v) is 31.4. The van der Waals surface area contributed by atoms with Gasteiger partial charge in [-0.15, -0.1) is 0 Å². The van der Waals surface area contributed by atoms with Gasteiger partial charge in [0.1, 0.15) is 34.5 Å². The Balaban J connectivity index is 0.000000847. The summed E-state index contributed by atoms with van der Waals surface area (Å²) < 4.78 is 0. The van der Waals surface area contributed by atoms with Gasteiger partial charge in [-0.1, -0.05) is 268 Å². The van der Waals surface area contributed by atoms with Crippen molar-refractivity contribution in [2.45, 2.75) is 175 Å². The van der Waals surface area contributed by atoms with Gasteiger partial charge in [0, 0.05) is 76.7 Å². The molecule has 6 atom stereocenters. The molecule has 0 saturated heterocycles. The minimum atomic E-state index is -0.556. The summed E-state index contributed by atoms with van der Waals surface area (Å²) >= 11 is -3.33. The molecule has 0 aliphatic carbocycles. The van der Waals surface area contributed by atoms with Crippen molar-refractivity contribution < 1.29 is 133 Å². The van der Waals surface area contributed by atoms with Crippen molar-refractivity contribution in [2.24, 2.45) is 0 Å². The van der Waals surface area contributed by atoms with Crippen LogP contribution in [0.1, 0.15) is 153 Å². The first-order valence-corrected chi connectivity index (χ1v) is 78.0. The van der Waals surface area contributed by atoms with Crippen molar-refractivity contribution in [3.05, 3.63) is 318 Å². The number of phenolic OH excluding ortho intramolecular Hbond substituents is 6. The Morgan fingerprint density at radius 2 is 0.452 bits per heavy atom. The van der Waals surface area contributed by atoms with Crippen LogP contribution in [0.5, 0.6) is 34.5 Å². The fraction of sp³-hybridized carbons (Fsp3) is 0.345. The van der Waals surface area contributed by atoms with Crippen LogP contribution in [0.25, 0.3) is 0 Å². The molecule has 0 heterocycles. The normalized spacial score (nSPS) is 11.1. The first-order chi connectivity index (χ1) is 68.6. The van der Waals surface area contributed by atoms with Crippen molar-refractivity contribution in [3.63, 3.8) is 0 Å². The molecule has 0 aliphatic heterocycles. The first-order valence-electron chi connectivity index (χ1n) is 46.2. The monoisotopic (exact) mass is 2540 g/mol. The van der Waals surface area contributed by atoms with E-state index >= 15 is 0 Å². The molecule has 0 spiro atoms. The molecule has 6 N–H and O–H groups in total. The van der Waals surface area contributed by atoms with Crippen LogP contribution in [0.2, 0.25) is 0 Å². The molecule has 12 rings (SSSR count). The van der Waals surface area contributed by atoms with Gasteiger partial charge in [0.05, 0.1) is 0 Å². The molecule has 0 aromatic heterocycles. The average molecular weight is 2550 g/mol. The Morgan fingerprint density at radius 1 is 0.219 bits per heavy atom. The van der Waals surface area contributed by atoms with Crippen molar-refractivity contribution in [3.8, 4) is 34.5 Å². The van der Waals surface area contributed by atoms with E-state index in [2.05, 4.69) is 363 Å². The number of halogens is 12. The number of para-hydroxylation sites is 2. The molecule has 0 amide bonds. The van der Waals surface area contributed by atoms with Gasteiger partial charge in [-0.05, 0) is 347 Å². The van der Waals surface area contributed by atoms with Crippen molar-refractivity contribution in [1.82, 2.24) is 29.4 Å². The van der Waals surface area contributed by atoms with Gasteiger partial charge in [-0.3, -0.25) is 0 Å². The summed E-state index contributed by atoms with van der Waals surface area (Å²) in [5, 5.41) is 76.3. The average Bonchev–Trinajstić information content (AvgIpc) is 0.795. The topological polar surface area (TPSA) is 141 Å². The van der Waals surface area contributed by atoms with Crippen LogP contribution in [0.15, 0.2) is 206 Å². The summed E-state index contributed by atoms with van der Waals surface area (Å²) in [4.78, 5) is 13.1. The van der Waals surface area contributed by atoms with Gasteiger partial charge >= 0.3 is 214 Å². The molecular formula is C110H148Cl12N6O6P6Ti6. The van der Waals surface area contributed by atoms with Gasteiger partial charge in [0.25, 0.3) is 0 Å². The zero-order valence-electron chi connectivity index (χ0n) is 89.8. The van der Waals surface area contributed by atoms with Gasteiger partial charge < -0.3 is 60.0 Å². The Kier molecular flexibility index (Phi) is 76.6. The quantitative estimate of drug-likeness (QED) is 0.0253. The molecule has 0 bridgehead atoms. The molecule has 12 aromatic carbocycles. The summed E-state index contributed by atoms with van der Waals surface area (Å²) in [7, 11) is 86.6. The number of benzene rings is 12. The summed E-state index contributed by atoms with van der Waals surface area (Å²) in [6, 6.07) is 70.8. The van der Waals surface area contributed by atoms with Crippen LogP contribution < -0.4 is 63.7 Å². The Morgan fingerprint density at radius 3 is 0.753 bits per heavy atom. The SMILES string of the molecule is Cc1cc(C(C)(C)C)cc(Pc2c(C)cccc2CN(C)C)c1O.Cc1cc(C)c(O)c(Pc2c(C)cccc2CN(C)C)c1.Cc1cc(Pc2c(C)cccc2CN(C)C)c(O)c(C(C)(C)C)c1.Cc1ccc(O)c(Pc2c(C)cccc2CN(C)C)c1.Cc1cccc(CN(C)C)c1Pc1ccccc1O.Cc1cccc(Pc2c(C)cccc2CN(C)C)c1O.[Cl][Ti][Cl].[Cl][Ti][Cl].[Cl][Ti][Cl].[Cl][Ti][Cl].[Cl][Ti][Cl].[Cl][Ti][Cl]. The molecule has 6 unspecified atom stereocenters. The number of rotatable bonds is 24. The van der Waals surface area contributed by atoms with Crippen LogP contribution >= 0.6 is 163 Å². The van der Waals surface area contributed by atoms with E-state index in [9.17, 15) is 30.6 Å². The van der Waals surface area contributed by atoms with E-state index < -0.39 is 102 Å². The Bertz CT molecular complexity index is 5750. The van der Waals surface area contributed by atoms with Crippen LogP contribution in [0.4, 0.5) is 0 Å². The molecule has 146 heavy (non-hydrogen) atoms. The number of aryl methyl sites for hydroxylation is 12. The van der Waals surface area contributed by atoms with Gasteiger partial charge in [0.15, 0.2) is 0 Å².